The first-order chi connectivity index (χ1) is 11.8. The zero-order valence-electron chi connectivity index (χ0n) is 13.8. The molecule has 24 heavy (non-hydrogen) atoms. The molecule has 122 valence electrons. The van der Waals surface area contributed by atoms with Gasteiger partial charge in [-0.3, -0.25) is 0 Å². The van der Waals surface area contributed by atoms with Crippen LogP contribution in [0.3, 0.4) is 0 Å². The minimum Gasteiger partial charge on any atom is -0.460 e. The molecule has 0 saturated heterocycles. The first kappa shape index (κ1) is 16.1. The SMILES string of the molecule is CCN(CCOC(=O)c1cccc2ccccc12)c1ccccc1. The number of anilines is 1. The molecule has 3 nitrogen and oxygen atoms in total. The van der Waals surface area contributed by atoms with Crippen molar-refractivity contribution in [1.82, 2.24) is 0 Å². The van der Waals surface area contributed by atoms with E-state index in [1.54, 1.807) is 0 Å². The fourth-order valence-electron chi connectivity index (χ4n) is 2.84. The molecule has 0 aliphatic carbocycles. The monoisotopic (exact) mass is 319 g/mol. The van der Waals surface area contributed by atoms with Gasteiger partial charge in [-0.1, -0.05) is 54.6 Å². The molecule has 0 aliphatic rings. The molecule has 0 saturated carbocycles. The van der Waals surface area contributed by atoms with E-state index in [9.17, 15) is 4.79 Å². The number of esters is 1. The summed E-state index contributed by atoms with van der Waals surface area (Å²) in [5.74, 6) is -0.268. The molecule has 0 N–H and O–H groups in total. The fraction of sp³-hybridized carbons (Fsp3) is 0.190. The van der Waals surface area contributed by atoms with Gasteiger partial charge in [-0.15, -0.1) is 0 Å². The molecule has 0 unspecified atom stereocenters. The van der Waals surface area contributed by atoms with E-state index in [0.717, 1.165) is 23.0 Å². The van der Waals surface area contributed by atoms with Gasteiger partial charge < -0.3 is 9.64 Å². The van der Waals surface area contributed by atoms with Crippen LogP contribution >= 0.6 is 0 Å². The molecule has 0 bridgehead atoms. The van der Waals surface area contributed by atoms with Crippen molar-refractivity contribution in [2.75, 3.05) is 24.6 Å². The molecule has 3 heteroatoms. The van der Waals surface area contributed by atoms with Crippen LogP contribution in [-0.2, 0) is 4.74 Å². The van der Waals surface area contributed by atoms with Crippen LogP contribution in [0, 0.1) is 0 Å². The van der Waals surface area contributed by atoms with E-state index in [1.165, 1.54) is 0 Å². The van der Waals surface area contributed by atoms with Gasteiger partial charge in [0, 0.05) is 12.2 Å². The molecule has 0 atom stereocenters. The first-order valence-corrected chi connectivity index (χ1v) is 8.24. The predicted molar refractivity (Wildman–Crippen MR) is 98.6 cm³/mol. The van der Waals surface area contributed by atoms with E-state index in [4.69, 9.17) is 4.74 Å². The molecule has 0 aliphatic heterocycles. The van der Waals surface area contributed by atoms with Crippen molar-refractivity contribution in [2.45, 2.75) is 6.92 Å². The first-order valence-electron chi connectivity index (χ1n) is 8.24. The minimum atomic E-state index is -0.268. The van der Waals surface area contributed by atoms with Crippen LogP contribution in [0.4, 0.5) is 5.69 Å². The molecule has 3 rings (SSSR count). The van der Waals surface area contributed by atoms with E-state index in [-0.39, 0.29) is 5.97 Å². The second-order valence-electron chi connectivity index (χ2n) is 5.58. The Labute approximate surface area is 142 Å². The lowest BCUT2D eigenvalue weighted by molar-refractivity contribution is 0.0517. The summed E-state index contributed by atoms with van der Waals surface area (Å²) in [6.07, 6.45) is 0. The average molecular weight is 319 g/mol. The highest BCUT2D eigenvalue weighted by Gasteiger charge is 2.12. The maximum Gasteiger partial charge on any atom is 0.338 e. The van der Waals surface area contributed by atoms with Crippen LogP contribution in [0.2, 0.25) is 0 Å². The molecule has 0 amide bonds. The topological polar surface area (TPSA) is 29.5 Å². The number of fused-ring (bicyclic) bond motifs is 1. The Balaban J connectivity index is 1.65. The molecule has 0 heterocycles. The van der Waals surface area contributed by atoms with Gasteiger partial charge in [0.2, 0.25) is 0 Å². The lowest BCUT2D eigenvalue weighted by Crippen LogP contribution is -2.28. The molecular formula is C21H21NO2. The molecule has 0 fully saturated rings. The van der Waals surface area contributed by atoms with Crippen LogP contribution in [0.15, 0.2) is 72.8 Å². The van der Waals surface area contributed by atoms with Gasteiger partial charge in [0.1, 0.15) is 6.61 Å². The lowest BCUT2D eigenvalue weighted by Gasteiger charge is -2.22. The number of benzene rings is 3. The van der Waals surface area contributed by atoms with Crippen molar-refractivity contribution < 1.29 is 9.53 Å². The number of nitrogens with zero attached hydrogens (tertiary/aromatic N) is 1. The van der Waals surface area contributed by atoms with Gasteiger partial charge in [0.15, 0.2) is 0 Å². The van der Waals surface area contributed by atoms with E-state index < -0.39 is 0 Å². The highest BCUT2D eigenvalue weighted by atomic mass is 16.5. The smallest absolute Gasteiger partial charge is 0.338 e. The Kier molecular flexibility index (Phi) is 5.12. The second kappa shape index (κ2) is 7.64. The van der Waals surface area contributed by atoms with Crippen molar-refractivity contribution in [1.29, 1.82) is 0 Å². The maximum absolute atomic E-state index is 12.4. The zero-order chi connectivity index (χ0) is 16.8. The van der Waals surface area contributed by atoms with Crippen molar-refractivity contribution in [2.24, 2.45) is 0 Å². The van der Waals surface area contributed by atoms with E-state index >= 15 is 0 Å². The summed E-state index contributed by atoms with van der Waals surface area (Å²) in [5.41, 5.74) is 1.76. The summed E-state index contributed by atoms with van der Waals surface area (Å²) >= 11 is 0. The van der Waals surface area contributed by atoms with Gasteiger partial charge in [-0.25, -0.2) is 4.79 Å². The van der Waals surface area contributed by atoms with Crippen molar-refractivity contribution in [3.63, 3.8) is 0 Å². The lowest BCUT2D eigenvalue weighted by atomic mass is 10.1. The highest BCUT2D eigenvalue weighted by Crippen LogP contribution is 2.19. The number of hydrogen-bond acceptors (Lipinski definition) is 3. The number of para-hydroxylation sites is 1. The average Bonchev–Trinajstić information content (AvgIpc) is 2.65. The fourth-order valence-corrected chi connectivity index (χ4v) is 2.84. The number of likely N-dealkylation sites (N-methyl/N-ethyl adjacent to an activating group) is 1. The largest absolute Gasteiger partial charge is 0.460 e. The summed E-state index contributed by atoms with van der Waals surface area (Å²) in [6.45, 7) is 4.01. The van der Waals surface area contributed by atoms with Gasteiger partial charge in [0.05, 0.1) is 12.1 Å². The Bertz CT molecular complexity index is 809. The molecule has 3 aromatic carbocycles. The maximum atomic E-state index is 12.4. The predicted octanol–water partition coefficient (Wildman–Crippen LogP) is 4.52. The Morgan fingerprint density at radius 1 is 0.917 bits per heavy atom. The van der Waals surface area contributed by atoms with E-state index in [2.05, 4.69) is 24.0 Å². The number of carbonyl (C=O) groups excluding carboxylic acids is 1. The number of ether oxygens (including phenoxy) is 1. The van der Waals surface area contributed by atoms with Gasteiger partial charge in [0.25, 0.3) is 0 Å². The molecular weight excluding hydrogens is 298 g/mol. The summed E-state index contributed by atoms with van der Waals surface area (Å²) < 4.78 is 5.51. The van der Waals surface area contributed by atoms with Crippen LogP contribution < -0.4 is 4.90 Å². The summed E-state index contributed by atoms with van der Waals surface area (Å²) in [6, 6.07) is 23.7. The van der Waals surface area contributed by atoms with Crippen LogP contribution in [0.25, 0.3) is 10.8 Å². The van der Waals surface area contributed by atoms with Crippen LogP contribution in [-0.4, -0.2) is 25.7 Å². The molecule has 3 aromatic rings. The van der Waals surface area contributed by atoms with E-state index in [1.807, 2.05) is 60.7 Å². The highest BCUT2D eigenvalue weighted by molar-refractivity contribution is 6.04. The summed E-state index contributed by atoms with van der Waals surface area (Å²) in [7, 11) is 0. The third-order valence-electron chi connectivity index (χ3n) is 4.11. The van der Waals surface area contributed by atoms with Crippen molar-refractivity contribution in [3.05, 3.63) is 78.4 Å². The van der Waals surface area contributed by atoms with Crippen LogP contribution in [0.5, 0.6) is 0 Å². The summed E-state index contributed by atoms with van der Waals surface area (Å²) in [5, 5.41) is 1.98. The van der Waals surface area contributed by atoms with Gasteiger partial charge >= 0.3 is 5.97 Å². The van der Waals surface area contributed by atoms with E-state index in [0.29, 0.717) is 18.7 Å². The second-order valence-corrected chi connectivity index (χ2v) is 5.58. The van der Waals surface area contributed by atoms with Crippen molar-refractivity contribution in [3.8, 4) is 0 Å². The quantitative estimate of drug-likeness (QED) is 0.626. The Morgan fingerprint density at radius 3 is 2.42 bits per heavy atom. The van der Waals surface area contributed by atoms with Gasteiger partial charge in [-0.05, 0) is 35.9 Å². The molecule has 0 radical (unpaired) electrons. The van der Waals surface area contributed by atoms with Gasteiger partial charge in [-0.2, -0.15) is 0 Å². The molecule has 0 spiro atoms. The minimum absolute atomic E-state index is 0.268. The Morgan fingerprint density at radius 2 is 1.62 bits per heavy atom. The normalized spacial score (nSPS) is 10.5. The third kappa shape index (κ3) is 3.57. The number of rotatable bonds is 6. The third-order valence-corrected chi connectivity index (χ3v) is 4.11. The molecule has 0 aromatic heterocycles. The van der Waals surface area contributed by atoms with Crippen LogP contribution in [0.1, 0.15) is 17.3 Å². The summed E-state index contributed by atoms with van der Waals surface area (Å²) in [4.78, 5) is 14.6. The standard InChI is InChI=1S/C21H21NO2/c1-2-22(18-11-4-3-5-12-18)15-16-24-21(23)20-14-8-10-17-9-6-7-13-19(17)20/h3-14H,2,15-16H2,1H3. The zero-order valence-corrected chi connectivity index (χ0v) is 13.8. The van der Waals surface area contributed by atoms with Crippen molar-refractivity contribution >= 4 is 22.4 Å². The number of carbonyl (C=O) groups is 1. The Hall–Kier alpha value is -2.81. The number of hydrogen-bond donors (Lipinski definition) is 0.